The molecular formula is C21H38O7. The fourth-order valence-electron chi connectivity index (χ4n) is 4.26. The molecule has 0 saturated carbocycles. The van der Waals surface area contributed by atoms with Crippen LogP contribution in [0, 0.1) is 29.6 Å². The minimum Gasteiger partial charge on any atom is -0.460 e. The van der Waals surface area contributed by atoms with Gasteiger partial charge in [0.2, 0.25) is 0 Å². The first-order chi connectivity index (χ1) is 13.0. The molecule has 1 fully saturated rings. The van der Waals surface area contributed by atoms with Gasteiger partial charge in [-0.3, -0.25) is 4.79 Å². The van der Waals surface area contributed by atoms with Crippen LogP contribution in [0.5, 0.6) is 0 Å². The molecule has 0 amide bonds. The molecule has 2 unspecified atom stereocenters. The number of hydrogen-bond donors (Lipinski definition) is 3. The molecule has 1 saturated heterocycles. The molecule has 0 aliphatic carbocycles. The molecule has 1 aliphatic rings. The average Bonchev–Trinajstić information content (AvgIpc) is 2.67. The largest absolute Gasteiger partial charge is 0.460 e. The molecule has 0 bridgehead atoms. The molecule has 3 N–H and O–H groups in total. The fourth-order valence-corrected chi connectivity index (χ4v) is 4.26. The molecule has 28 heavy (non-hydrogen) atoms. The summed E-state index contributed by atoms with van der Waals surface area (Å²) in [6, 6.07) is 0. The molecule has 0 aromatic rings. The quantitative estimate of drug-likeness (QED) is 0.601. The molecule has 0 radical (unpaired) electrons. The SMILES string of the molecule is CCC1OC(=O)[C@H](OC)[C@@H](O)[C@H](C)[C@@H](O)C(C)C[C@@H](C)C(=O)[C@H](C)[C@@H](O)[C@H]1C. The molecule has 7 nitrogen and oxygen atoms in total. The first-order valence-corrected chi connectivity index (χ1v) is 10.3. The second kappa shape index (κ2) is 10.7. The number of aliphatic hydroxyl groups is 3. The summed E-state index contributed by atoms with van der Waals surface area (Å²) in [6.07, 6.45) is -4.17. The molecule has 0 aromatic heterocycles. The monoisotopic (exact) mass is 402 g/mol. The van der Waals surface area contributed by atoms with Gasteiger partial charge in [0.05, 0.1) is 18.3 Å². The maximum absolute atomic E-state index is 12.8. The van der Waals surface area contributed by atoms with E-state index < -0.39 is 54.2 Å². The van der Waals surface area contributed by atoms with E-state index >= 15 is 0 Å². The van der Waals surface area contributed by atoms with Crippen LogP contribution in [0.25, 0.3) is 0 Å². The van der Waals surface area contributed by atoms with Crippen LogP contribution in [0.15, 0.2) is 0 Å². The Bertz CT molecular complexity index is 523. The van der Waals surface area contributed by atoms with E-state index in [0.29, 0.717) is 12.8 Å². The third-order valence-corrected chi connectivity index (χ3v) is 6.42. The van der Waals surface area contributed by atoms with Gasteiger partial charge < -0.3 is 24.8 Å². The van der Waals surface area contributed by atoms with Crippen LogP contribution in [0.2, 0.25) is 0 Å². The van der Waals surface area contributed by atoms with E-state index in [1.165, 1.54) is 7.11 Å². The van der Waals surface area contributed by atoms with Gasteiger partial charge >= 0.3 is 5.97 Å². The summed E-state index contributed by atoms with van der Waals surface area (Å²) in [4.78, 5) is 25.4. The van der Waals surface area contributed by atoms with E-state index in [1.54, 1.807) is 34.6 Å². The molecule has 7 heteroatoms. The van der Waals surface area contributed by atoms with Gasteiger partial charge in [0, 0.05) is 30.8 Å². The van der Waals surface area contributed by atoms with E-state index in [1.807, 2.05) is 6.92 Å². The molecular weight excluding hydrogens is 364 g/mol. The third-order valence-electron chi connectivity index (χ3n) is 6.42. The van der Waals surface area contributed by atoms with Crippen molar-refractivity contribution in [2.45, 2.75) is 84.9 Å². The van der Waals surface area contributed by atoms with E-state index in [2.05, 4.69) is 0 Å². The van der Waals surface area contributed by atoms with Crippen LogP contribution >= 0.6 is 0 Å². The Morgan fingerprint density at radius 1 is 0.964 bits per heavy atom. The van der Waals surface area contributed by atoms with Crippen LogP contribution in [0.3, 0.4) is 0 Å². The number of aliphatic hydroxyl groups excluding tert-OH is 3. The predicted octanol–water partition coefficient (Wildman–Crippen LogP) is 1.56. The second-order valence-corrected chi connectivity index (χ2v) is 8.53. The van der Waals surface area contributed by atoms with E-state index in [4.69, 9.17) is 9.47 Å². The number of hydrogen-bond acceptors (Lipinski definition) is 7. The number of ether oxygens (including phenoxy) is 2. The molecule has 10 atom stereocenters. The molecule has 164 valence electrons. The van der Waals surface area contributed by atoms with Gasteiger partial charge in [0.1, 0.15) is 11.9 Å². The number of carbonyl (C=O) groups is 2. The van der Waals surface area contributed by atoms with Crippen molar-refractivity contribution in [1.29, 1.82) is 0 Å². The molecule has 1 heterocycles. The lowest BCUT2D eigenvalue weighted by atomic mass is 9.77. The van der Waals surface area contributed by atoms with Gasteiger partial charge in [-0.05, 0) is 18.8 Å². The fraction of sp³-hybridized carbons (Fsp3) is 0.905. The van der Waals surface area contributed by atoms with Crippen molar-refractivity contribution in [3.8, 4) is 0 Å². The average molecular weight is 403 g/mol. The summed E-state index contributed by atoms with van der Waals surface area (Å²) in [7, 11) is 1.31. The van der Waals surface area contributed by atoms with Crippen molar-refractivity contribution in [3.05, 3.63) is 0 Å². The maximum Gasteiger partial charge on any atom is 0.338 e. The van der Waals surface area contributed by atoms with Crippen LogP contribution in [-0.2, 0) is 19.1 Å². The highest BCUT2D eigenvalue weighted by atomic mass is 16.6. The number of esters is 1. The van der Waals surface area contributed by atoms with Gasteiger partial charge in [-0.2, -0.15) is 0 Å². The highest BCUT2D eigenvalue weighted by Gasteiger charge is 2.41. The van der Waals surface area contributed by atoms with Crippen LogP contribution in [0.1, 0.15) is 54.4 Å². The Morgan fingerprint density at radius 3 is 2.04 bits per heavy atom. The Hall–Kier alpha value is -1.02. The van der Waals surface area contributed by atoms with Crippen molar-refractivity contribution in [2.24, 2.45) is 29.6 Å². The number of rotatable bonds is 2. The lowest BCUT2D eigenvalue weighted by molar-refractivity contribution is -0.178. The molecule has 0 spiro atoms. The zero-order valence-electron chi connectivity index (χ0n) is 18.2. The van der Waals surface area contributed by atoms with Crippen molar-refractivity contribution < 1.29 is 34.4 Å². The smallest absolute Gasteiger partial charge is 0.338 e. The zero-order valence-corrected chi connectivity index (χ0v) is 18.2. The number of cyclic esters (lactones) is 1. The lowest BCUT2D eigenvalue weighted by Gasteiger charge is -2.36. The van der Waals surface area contributed by atoms with Crippen LogP contribution < -0.4 is 0 Å². The van der Waals surface area contributed by atoms with Gasteiger partial charge in [-0.25, -0.2) is 4.79 Å². The summed E-state index contributed by atoms with van der Waals surface area (Å²) < 4.78 is 10.7. The Balaban J connectivity index is 3.28. The van der Waals surface area contributed by atoms with Gasteiger partial charge in [0.15, 0.2) is 6.10 Å². The summed E-state index contributed by atoms with van der Waals surface area (Å²) in [5.74, 6) is -3.20. The van der Waals surface area contributed by atoms with Crippen molar-refractivity contribution in [2.75, 3.05) is 7.11 Å². The van der Waals surface area contributed by atoms with Crippen molar-refractivity contribution in [1.82, 2.24) is 0 Å². The van der Waals surface area contributed by atoms with Crippen molar-refractivity contribution in [3.63, 3.8) is 0 Å². The minimum absolute atomic E-state index is 0.0837. The van der Waals surface area contributed by atoms with Crippen LogP contribution in [-0.4, -0.2) is 64.7 Å². The van der Waals surface area contributed by atoms with E-state index in [0.717, 1.165) is 0 Å². The number of ketones is 1. The molecule has 0 aromatic carbocycles. The third kappa shape index (κ3) is 5.53. The summed E-state index contributed by atoms with van der Waals surface area (Å²) in [5, 5.41) is 32.0. The van der Waals surface area contributed by atoms with E-state index in [-0.39, 0.29) is 17.6 Å². The van der Waals surface area contributed by atoms with Crippen LogP contribution in [0.4, 0.5) is 0 Å². The van der Waals surface area contributed by atoms with Gasteiger partial charge in [-0.15, -0.1) is 0 Å². The summed E-state index contributed by atoms with van der Waals surface area (Å²) >= 11 is 0. The Labute approximate surface area is 168 Å². The standard InChI is InChI=1S/C21H38O7/c1-8-15-12(4)18(24)13(5)16(22)10(2)9-11(3)17(23)14(6)19(25)20(27-7)21(26)28-15/h10-15,17-20,23-25H,8-9H2,1-7H3/t10-,11?,12+,13+,14-,15?,17+,18+,19+,20-/m1/s1. The molecule has 1 rings (SSSR count). The second-order valence-electron chi connectivity index (χ2n) is 8.53. The predicted molar refractivity (Wildman–Crippen MR) is 104 cm³/mol. The van der Waals surface area contributed by atoms with Crippen molar-refractivity contribution >= 4 is 11.8 Å². The van der Waals surface area contributed by atoms with Gasteiger partial charge in [0.25, 0.3) is 0 Å². The summed E-state index contributed by atoms with van der Waals surface area (Å²) in [5.41, 5.74) is 0. The first kappa shape index (κ1) is 25.0. The lowest BCUT2D eigenvalue weighted by Crippen LogP contribution is -2.49. The summed E-state index contributed by atoms with van der Waals surface area (Å²) in [6.45, 7) is 10.5. The Kier molecular flexibility index (Phi) is 9.53. The van der Waals surface area contributed by atoms with E-state index in [9.17, 15) is 24.9 Å². The first-order valence-electron chi connectivity index (χ1n) is 10.3. The number of methoxy groups -OCH3 is 1. The topological polar surface area (TPSA) is 113 Å². The zero-order chi connectivity index (χ0) is 21.8. The normalized spacial score (nSPS) is 44.6. The minimum atomic E-state index is -1.26. The highest BCUT2D eigenvalue weighted by molar-refractivity contribution is 5.83. The number of Topliss-reactive ketones (excluding diaryl/α,β-unsaturated/α-hetero) is 1. The molecule has 1 aliphatic heterocycles. The van der Waals surface area contributed by atoms with Gasteiger partial charge in [-0.1, -0.05) is 41.5 Å². The maximum atomic E-state index is 12.8. The highest BCUT2D eigenvalue weighted by Crippen LogP contribution is 2.30. The Morgan fingerprint density at radius 2 is 1.54 bits per heavy atom. The number of carbonyl (C=O) groups excluding carboxylic acids is 2.